The largest absolute Gasteiger partial charge is 0.382 e. The molecule has 0 aliphatic heterocycles. The summed E-state index contributed by atoms with van der Waals surface area (Å²) in [5.74, 6) is 0.936. The number of rotatable bonds is 5. The van der Waals surface area contributed by atoms with Gasteiger partial charge in [0.25, 0.3) is 0 Å². The standard InChI is InChI=1S/C14H18ClFN2O/c1-14(2,9-19-3)18-11-6-4-5-10(16)13(11)17-12(18)7-8-15/h4-6H,7-9H2,1-3H3. The van der Waals surface area contributed by atoms with E-state index in [1.54, 1.807) is 13.2 Å². The molecule has 0 aliphatic carbocycles. The highest BCUT2D eigenvalue weighted by Gasteiger charge is 2.26. The third-order valence-electron chi connectivity index (χ3n) is 3.13. The molecule has 5 heteroatoms. The van der Waals surface area contributed by atoms with Gasteiger partial charge in [0.2, 0.25) is 0 Å². The van der Waals surface area contributed by atoms with Crippen LogP contribution in [-0.2, 0) is 16.7 Å². The van der Waals surface area contributed by atoms with Gasteiger partial charge in [0.15, 0.2) is 5.82 Å². The van der Waals surface area contributed by atoms with Crippen molar-refractivity contribution in [2.24, 2.45) is 0 Å². The van der Waals surface area contributed by atoms with Crippen LogP contribution in [0.15, 0.2) is 18.2 Å². The summed E-state index contributed by atoms with van der Waals surface area (Å²) in [6.45, 7) is 4.60. The van der Waals surface area contributed by atoms with E-state index in [0.717, 1.165) is 11.3 Å². The first-order valence-corrected chi connectivity index (χ1v) is 6.76. The SMILES string of the molecule is COCC(C)(C)n1c(CCCl)nc2c(F)cccc21. The first-order chi connectivity index (χ1) is 9.01. The van der Waals surface area contributed by atoms with Gasteiger partial charge >= 0.3 is 0 Å². The van der Waals surface area contributed by atoms with Crippen molar-refractivity contribution in [3.05, 3.63) is 29.8 Å². The second-order valence-corrected chi connectivity index (χ2v) is 5.53. The molecule has 104 valence electrons. The summed E-state index contributed by atoms with van der Waals surface area (Å²) in [5, 5.41) is 0. The van der Waals surface area contributed by atoms with E-state index >= 15 is 0 Å². The van der Waals surface area contributed by atoms with Crippen LogP contribution in [0.1, 0.15) is 19.7 Å². The number of para-hydroxylation sites is 1. The second kappa shape index (κ2) is 5.47. The summed E-state index contributed by atoms with van der Waals surface area (Å²) in [6, 6.07) is 5.00. The molecule has 0 radical (unpaired) electrons. The Morgan fingerprint density at radius 3 is 2.79 bits per heavy atom. The van der Waals surface area contributed by atoms with Crippen LogP contribution in [0.2, 0.25) is 0 Å². The van der Waals surface area contributed by atoms with E-state index in [1.807, 2.05) is 24.5 Å². The van der Waals surface area contributed by atoms with E-state index in [4.69, 9.17) is 16.3 Å². The fourth-order valence-corrected chi connectivity index (χ4v) is 2.63. The minimum Gasteiger partial charge on any atom is -0.382 e. The van der Waals surface area contributed by atoms with Crippen LogP contribution < -0.4 is 0 Å². The molecule has 0 unspecified atom stereocenters. The molecule has 0 saturated carbocycles. The predicted octanol–water partition coefficient (Wildman–Crippen LogP) is 3.34. The Bertz CT molecular complexity index is 580. The van der Waals surface area contributed by atoms with Crippen LogP contribution in [0.3, 0.4) is 0 Å². The zero-order chi connectivity index (χ0) is 14.0. The molecule has 2 aromatic rings. The Morgan fingerprint density at radius 1 is 1.42 bits per heavy atom. The van der Waals surface area contributed by atoms with Gasteiger partial charge in [-0.05, 0) is 26.0 Å². The number of benzene rings is 1. The number of nitrogens with zero attached hydrogens (tertiary/aromatic N) is 2. The molecular formula is C14H18ClFN2O. The fraction of sp³-hybridized carbons (Fsp3) is 0.500. The minimum atomic E-state index is -0.307. The molecule has 0 spiro atoms. The molecule has 0 aliphatic rings. The Labute approximate surface area is 117 Å². The maximum atomic E-state index is 13.9. The molecule has 2 rings (SSSR count). The molecule has 1 heterocycles. The number of aromatic nitrogens is 2. The van der Waals surface area contributed by atoms with Gasteiger partial charge in [-0.3, -0.25) is 0 Å². The Balaban J connectivity index is 2.68. The van der Waals surface area contributed by atoms with Gasteiger partial charge in [-0.1, -0.05) is 6.07 Å². The molecule has 0 N–H and O–H groups in total. The van der Waals surface area contributed by atoms with Crippen LogP contribution >= 0.6 is 11.6 Å². The first kappa shape index (κ1) is 14.3. The Kier molecular flexibility index (Phi) is 4.11. The van der Waals surface area contributed by atoms with Gasteiger partial charge < -0.3 is 9.30 Å². The molecule has 0 atom stereocenters. The summed E-state index contributed by atoms with van der Waals surface area (Å²) in [4.78, 5) is 4.40. The lowest BCUT2D eigenvalue weighted by atomic mass is 10.1. The van der Waals surface area contributed by atoms with Crippen molar-refractivity contribution in [2.45, 2.75) is 25.8 Å². The van der Waals surface area contributed by atoms with Crippen LogP contribution in [0.5, 0.6) is 0 Å². The number of ether oxygens (including phenoxy) is 1. The maximum Gasteiger partial charge on any atom is 0.151 e. The smallest absolute Gasteiger partial charge is 0.151 e. The number of fused-ring (bicyclic) bond motifs is 1. The van der Waals surface area contributed by atoms with E-state index in [9.17, 15) is 4.39 Å². The highest BCUT2D eigenvalue weighted by Crippen LogP contribution is 2.27. The number of aryl methyl sites for hydroxylation is 1. The number of imidazole rings is 1. The molecule has 0 fully saturated rings. The molecule has 3 nitrogen and oxygen atoms in total. The number of alkyl halides is 1. The highest BCUT2D eigenvalue weighted by atomic mass is 35.5. The lowest BCUT2D eigenvalue weighted by molar-refractivity contribution is 0.110. The number of hydrogen-bond donors (Lipinski definition) is 0. The molecule has 19 heavy (non-hydrogen) atoms. The second-order valence-electron chi connectivity index (χ2n) is 5.16. The highest BCUT2D eigenvalue weighted by molar-refractivity contribution is 6.17. The van der Waals surface area contributed by atoms with Gasteiger partial charge in [0, 0.05) is 19.4 Å². The van der Waals surface area contributed by atoms with Gasteiger partial charge in [0.1, 0.15) is 11.3 Å². The van der Waals surface area contributed by atoms with Crippen LogP contribution in [-0.4, -0.2) is 29.1 Å². The van der Waals surface area contributed by atoms with Gasteiger partial charge in [-0.25, -0.2) is 9.37 Å². The predicted molar refractivity (Wildman–Crippen MR) is 75.3 cm³/mol. The van der Waals surface area contributed by atoms with Crippen LogP contribution in [0, 0.1) is 5.82 Å². The van der Waals surface area contributed by atoms with Gasteiger partial charge in [0.05, 0.1) is 17.7 Å². The van der Waals surface area contributed by atoms with Crippen molar-refractivity contribution in [3.63, 3.8) is 0 Å². The van der Waals surface area contributed by atoms with Crippen LogP contribution in [0.25, 0.3) is 11.0 Å². The number of hydrogen-bond acceptors (Lipinski definition) is 2. The lowest BCUT2D eigenvalue weighted by Crippen LogP contribution is -2.33. The lowest BCUT2D eigenvalue weighted by Gasteiger charge is -2.28. The molecular weight excluding hydrogens is 267 g/mol. The minimum absolute atomic E-state index is 0.305. The summed E-state index contributed by atoms with van der Waals surface area (Å²) >= 11 is 5.82. The normalized spacial score (nSPS) is 12.3. The average molecular weight is 285 g/mol. The number of methoxy groups -OCH3 is 1. The third kappa shape index (κ3) is 2.60. The summed E-state index contributed by atoms with van der Waals surface area (Å²) in [6.07, 6.45) is 0.600. The maximum absolute atomic E-state index is 13.9. The third-order valence-corrected chi connectivity index (χ3v) is 3.32. The molecule has 1 aromatic heterocycles. The van der Waals surface area contributed by atoms with Crippen molar-refractivity contribution >= 4 is 22.6 Å². The van der Waals surface area contributed by atoms with E-state index in [1.165, 1.54) is 6.07 Å². The summed E-state index contributed by atoms with van der Waals surface area (Å²) < 4.78 is 21.1. The first-order valence-electron chi connectivity index (χ1n) is 6.22. The van der Waals surface area contributed by atoms with E-state index < -0.39 is 0 Å². The van der Waals surface area contributed by atoms with Gasteiger partial charge in [-0.15, -0.1) is 11.6 Å². The quantitative estimate of drug-likeness (QED) is 0.788. The Morgan fingerprint density at radius 2 is 2.16 bits per heavy atom. The zero-order valence-electron chi connectivity index (χ0n) is 11.4. The van der Waals surface area contributed by atoms with Crippen LogP contribution in [0.4, 0.5) is 4.39 Å². The van der Waals surface area contributed by atoms with Crippen molar-refractivity contribution in [1.82, 2.24) is 9.55 Å². The van der Waals surface area contributed by atoms with E-state index in [-0.39, 0.29) is 11.4 Å². The van der Waals surface area contributed by atoms with Gasteiger partial charge in [-0.2, -0.15) is 0 Å². The monoisotopic (exact) mass is 284 g/mol. The molecule has 0 amide bonds. The van der Waals surface area contributed by atoms with E-state index in [2.05, 4.69) is 4.98 Å². The number of halogens is 2. The topological polar surface area (TPSA) is 27.1 Å². The van der Waals surface area contributed by atoms with Crippen molar-refractivity contribution in [1.29, 1.82) is 0 Å². The van der Waals surface area contributed by atoms with Crippen molar-refractivity contribution in [3.8, 4) is 0 Å². The average Bonchev–Trinajstić information content (AvgIpc) is 2.70. The van der Waals surface area contributed by atoms with Crippen molar-refractivity contribution < 1.29 is 9.13 Å². The Hall–Kier alpha value is -1.13. The zero-order valence-corrected chi connectivity index (χ0v) is 12.2. The van der Waals surface area contributed by atoms with Crippen molar-refractivity contribution in [2.75, 3.05) is 19.6 Å². The molecule has 1 aromatic carbocycles. The molecule has 0 saturated heterocycles. The fourth-order valence-electron chi connectivity index (χ4n) is 2.46. The van der Waals surface area contributed by atoms with E-state index in [0.29, 0.717) is 24.4 Å². The molecule has 0 bridgehead atoms. The summed E-state index contributed by atoms with van der Waals surface area (Å²) in [5.41, 5.74) is 0.868. The summed E-state index contributed by atoms with van der Waals surface area (Å²) in [7, 11) is 1.66.